The van der Waals surface area contributed by atoms with Gasteiger partial charge in [-0.15, -0.1) is 0 Å². The summed E-state index contributed by atoms with van der Waals surface area (Å²) in [6.45, 7) is 0.327. The number of sulfonamides is 1. The van der Waals surface area contributed by atoms with Crippen LogP contribution in [0.5, 0.6) is 5.75 Å². The molecule has 1 aliphatic rings. The molecule has 0 bridgehead atoms. The lowest BCUT2D eigenvalue weighted by Gasteiger charge is -2.23. The van der Waals surface area contributed by atoms with Crippen LogP contribution in [0.4, 0.5) is 5.69 Å². The first-order valence-corrected chi connectivity index (χ1v) is 11.4. The number of carbonyl (C=O) groups excluding carboxylic acids is 1. The maximum Gasteiger partial charge on any atom is 0.253 e. The van der Waals surface area contributed by atoms with Gasteiger partial charge in [-0.1, -0.05) is 30.7 Å². The summed E-state index contributed by atoms with van der Waals surface area (Å²) < 4.78 is 31.4. The highest BCUT2D eigenvalue weighted by atomic mass is 32.2. The molecule has 150 valence electrons. The van der Waals surface area contributed by atoms with Crippen LogP contribution in [0.3, 0.4) is 0 Å². The van der Waals surface area contributed by atoms with Gasteiger partial charge in [0.25, 0.3) is 5.91 Å². The van der Waals surface area contributed by atoms with E-state index in [0.29, 0.717) is 6.54 Å². The third-order valence-electron chi connectivity index (χ3n) is 4.67. The summed E-state index contributed by atoms with van der Waals surface area (Å²) >= 11 is 0. The molecule has 2 aromatic rings. The van der Waals surface area contributed by atoms with E-state index in [0.717, 1.165) is 30.4 Å². The van der Waals surface area contributed by atoms with Crippen molar-refractivity contribution in [3.8, 4) is 5.75 Å². The number of ether oxygens (including phenoxy) is 1. The van der Waals surface area contributed by atoms with Gasteiger partial charge in [-0.25, -0.2) is 8.42 Å². The Labute approximate surface area is 166 Å². The number of benzene rings is 2. The quantitative estimate of drug-likeness (QED) is 0.740. The van der Waals surface area contributed by atoms with E-state index in [-0.39, 0.29) is 23.3 Å². The normalized spacial score (nSPS) is 15.0. The summed E-state index contributed by atoms with van der Waals surface area (Å²) in [6, 6.07) is 14.2. The minimum Gasteiger partial charge on any atom is -0.490 e. The van der Waals surface area contributed by atoms with Gasteiger partial charge in [0.15, 0.2) is 0 Å². The Morgan fingerprint density at radius 1 is 1.07 bits per heavy atom. The smallest absolute Gasteiger partial charge is 0.253 e. The van der Waals surface area contributed by atoms with Gasteiger partial charge in [-0.2, -0.15) is 0 Å². The lowest BCUT2D eigenvalue weighted by atomic mass is 9.98. The molecule has 1 saturated carbocycles. The molecule has 0 unspecified atom stereocenters. The van der Waals surface area contributed by atoms with Gasteiger partial charge in [0.2, 0.25) is 10.0 Å². The van der Waals surface area contributed by atoms with Crippen LogP contribution < -0.4 is 14.8 Å². The number of rotatable bonds is 7. The van der Waals surface area contributed by atoms with E-state index in [9.17, 15) is 13.2 Å². The van der Waals surface area contributed by atoms with Crippen LogP contribution >= 0.6 is 0 Å². The largest absolute Gasteiger partial charge is 0.490 e. The highest BCUT2D eigenvalue weighted by molar-refractivity contribution is 7.92. The van der Waals surface area contributed by atoms with Crippen molar-refractivity contribution in [1.82, 2.24) is 5.32 Å². The second-order valence-corrected chi connectivity index (χ2v) is 8.88. The summed E-state index contributed by atoms with van der Waals surface area (Å²) in [4.78, 5) is 12.5. The SMILES string of the molecule is CS(=O)(=O)Nc1ccccc1C(=O)NCc1cccc(OC2CCCCC2)c1. The van der Waals surface area contributed by atoms with Crippen molar-refractivity contribution in [3.05, 3.63) is 59.7 Å². The maximum atomic E-state index is 12.5. The Morgan fingerprint density at radius 2 is 1.82 bits per heavy atom. The molecule has 6 nitrogen and oxygen atoms in total. The first kappa shape index (κ1) is 20.2. The van der Waals surface area contributed by atoms with Crippen molar-refractivity contribution < 1.29 is 17.9 Å². The highest BCUT2D eigenvalue weighted by Gasteiger charge is 2.16. The number of hydrogen-bond acceptors (Lipinski definition) is 4. The van der Waals surface area contributed by atoms with Crippen LogP contribution in [0.25, 0.3) is 0 Å². The molecule has 0 aliphatic heterocycles. The zero-order valence-corrected chi connectivity index (χ0v) is 16.8. The molecule has 1 amide bonds. The van der Waals surface area contributed by atoms with Crippen LogP contribution in [0, 0.1) is 0 Å². The Balaban J connectivity index is 1.63. The molecule has 3 rings (SSSR count). The fourth-order valence-electron chi connectivity index (χ4n) is 3.35. The zero-order valence-electron chi connectivity index (χ0n) is 16.0. The lowest BCUT2D eigenvalue weighted by molar-refractivity contribution is 0.0951. The molecular weight excluding hydrogens is 376 g/mol. The Morgan fingerprint density at radius 3 is 2.57 bits per heavy atom. The van der Waals surface area contributed by atoms with Gasteiger partial charge in [0, 0.05) is 6.54 Å². The molecule has 1 fully saturated rings. The molecule has 7 heteroatoms. The standard InChI is InChI=1S/C21H26N2O4S/c1-28(25,26)23-20-13-6-5-12-19(20)21(24)22-15-16-8-7-11-18(14-16)27-17-9-3-2-4-10-17/h5-8,11-14,17,23H,2-4,9-10,15H2,1H3,(H,22,24). The molecule has 0 atom stereocenters. The number of amides is 1. The average molecular weight is 403 g/mol. The van der Waals surface area contributed by atoms with Gasteiger partial charge in [0.05, 0.1) is 23.6 Å². The predicted molar refractivity (Wildman–Crippen MR) is 110 cm³/mol. The third-order valence-corrected chi connectivity index (χ3v) is 5.26. The van der Waals surface area contributed by atoms with Crippen LogP contribution in [-0.4, -0.2) is 26.7 Å². The summed E-state index contributed by atoms with van der Waals surface area (Å²) in [5, 5.41) is 2.84. The van der Waals surface area contributed by atoms with Crippen LogP contribution in [0.2, 0.25) is 0 Å². The summed E-state index contributed by atoms with van der Waals surface area (Å²) in [7, 11) is -3.47. The molecular formula is C21H26N2O4S. The molecule has 0 saturated heterocycles. The number of anilines is 1. The van der Waals surface area contributed by atoms with Crippen molar-refractivity contribution in [2.24, 2.45) is 0 Å². The van der Waals surface area contributed by atoms with Crippen molar-refractivity contribution >= 4 is 21.6 Å². The Kier molecular flexibility index (Phi) is 6.57. The minimum atomic E-state index is -3.47. The summed E-state index contributed by atoms with van der Waals surface area (Å²) in [5.74, 6) is 0.475. The van der Waals surface area contributed by atoms with E-state index < -0.39 is 10.0 Å². The molecule has 1 aliphatic carbocycles. The van der Waals surface area contributed by atoms with Crippen molar-refractivity contribution in [1.29, 1.82) is 0 Å². The maximum absolute atomic E-state index is 12.5. The first-order valence-electron chi connectivity index (χ1n) is 9.51. The van der Waals surface area contributed by atoms with Crippen molar-refractivity contribution in [2.75, 3.05) is 11.0 Å². The minimum absolute atomic E-state index is 0.261. The fraction of sp³-hybridized carbons (Fsp3) is 0.381. The number of para-hydroxylation sites is 1. The summed E-state index contributed by atoms with van der Waals surface area (Å²) in [5.41, 5.74) is 1.47. The summed E-state index contributed by atoms with van der Waals surface area (Å²) in [6.07, 6.45) is 7.20. The van der Waals surface area contributed by atoms with E-state index >= 15 is 0 Å². The average Bonchev–Trinajstić information content (AvgIpc) is 2.66. The molecule has 28 heavy (non-hydrogen) atoms. The number of nitrogens with one attached hydrogen (secondary N) is 2. The molecule has 2 aromatic carbocycles. The van der Waals surface area contributed by atoms with Gasteiger partial charge >= 0.3 is 0 Å². The van der Waals surface area contributed by atoms with Gasteiger partial charge < -0.3 is 10.1 Å². The van der Waals surface area contributed by atoms with E-state index in [1.807, 2.05) is 24.3 Å². The van der Waals surface area contributed by atoms with E-state index in [4.69, 9.17) is 4.74 Å². The second kappa shape index (κ2) is 9.10. The van der Waals surface area contributed by atoms with Crippen LogP contribution in [0.15, 0.2) is 48.5 Å². The van der Waals surface area contributed by atoms with Crippen LogP contribution in [0.1, 0.15) is 48.0 Å². The molecule has 0 heterocycles. The van der Waals surface area contributed by atoms with E-state index in [1.54, 1.807) is 24.3 Å². The molecule has 0 aromatic heterocycles. The predicted octanol–water partition coefficient (Wildman–Crippen LogP) is 3.70. The number of carbonyl (C=O) groups is 1. The molecule has 0 spiro atoms. The van der Waals surface area contributed by atoms with Crippen molar-refractivity contribution in [3.63, 3.8) is 0 Å². The molecule has 0 radical (unpaired) electrons. The van der Waals surface area contributed by atoms with Crippen LogP contribution in [-0.2, 0) is 16.6 Å². The Bertz CT molecular complexity index is 922. The van der Waals surface area contributed by atoms with Gasteiger partial charge in [-0.05, 0) is 55.5 Å². The molecule has 2 N–H and O–H groups in total. The first-order chi connectivity index (χ1) is 13.4. The zero-order chi connectivity index (χ0) is 20.0. The van der Waals surface area contributed by atoms with Gasteiger partial charge in [-0.3, -0.25) is 9.52 Å². The monoisotopic (exact) mass is 402 g/mol. The van der Waals surface area contributed by atoms with E-state index in [1.165, 1.54) is 19.3 Å². The third kappa shape index (κ3) is 5.99. The highest BCUT2D eigenvalue weighted by Crippen LogP contribution is 2.24. The lowest BCUT2D eigenvalue weighted by Crippen LogP contribution is -2.25. The topological polar surface area (TPSA) is 84.5 Å². The van der Waals surface area contributed by atoms with Gasteiger partial charge in [0.1, 0.15) is 5.75 Å². The Hall–Kier alpha value is -2.54. The van der Waals surface area contributed by atoms with Crippen molar-refractivity contribution in [2.45, 2.75) is 44.8 Å². The van der Waals surface area contributed by atoms with E-state index in [2.05, 4.69) is 10.0 Å². The fourth-order valence-corrected chi connectivity index (χ4v) is 3.93. The number of hydrogen-bond donors (Lipinski definition) is 2. The second-order valence-electron chi connectivity index (χ2n) is 7.13.